The maximum absolute atomic E-state index is 14.3. The summed E-state index contributed by atoms with van der Waals surface area (Å²) in [4.78, 5) is 55.7. The Kier molecular flexibility index (Phi) is 7.75. The molecule has 220 valence electrons. The summed E-state index contributed by atoms with van der Waals surface area (Å²) < 4.78 is 13.5. The fraction of sp³-hybridized carbons (Fsp3) is 0.500. The quantitative estimate of drug-likeness (QED) is 0.363. The Balaban J connectivity index is 1.62. The number of anilines is 1. The molecule has 3 aliphatic heterocycles. The van der Waals surface area contributed by atoms with Crippen molar-refractivity contribution in [1.29, 1.82) is 0 Å². The molecule has 0 bridgehead atoms. The SMILES string of the molecule is C=CCN1C(=O)[C@]2(O[C@H](CC(=O)N3CCC[C@H]3CO)[C@@H]([Si](C)(C)O)[C@@H]2C)c2cc(-n3cccc(OC)c3=O)ccc21. The molecule has 1 aromatic carbocycles. The smallest absolute Gasteiger partial charge is 0.297 e. The molecule has 2 fully saturated rings. The van der Waals surface area contributed by atoms with Gasteiger partial charge in [-0.3, -0.25) is 19.0 Å². The van der Waals surface area contributed by atoms with Crippen LogP contribution in [0.4, 0.5) is 5.69 Å². The first-order valence-corrected chi connectivity index (χ1v) is 17.2. The lowest BCUT2D eigenvalue weighted by Crippen LogP contribution is -2.46. The number of likely N-dealkylation sites (tertiary alicyclic amines) is 1. The van der Waals surface area contributed by atoms with Crippen molar-refractivity contribution < 1.29 is 29.0 Å². The molecule has 1 spiro atoms. The topological polar surface area (TPSA) is 122 Å². The average molecular weight is 582 g/mol. The van der Waals surface area contributed by atoms with E-state index < -0.39 is 31.5 Å². The molecule has 0 radical (unpaired) electrons. The molecule has 41 heavy (non-hydrogen) atoms. The van der Waals surface area contributed by atoms with E-state index in [1.807, 2.05) is 20.0 Å². The predicted molar refractivity (Wildman–Crippen MR) is 157 cm³/mol. The maximum Gasteiger partial charge on any atom is 0.297 e. The van der Waals surface area contributed by atoms with E-state index in [0.717, 1.165) is 12.8 Å². The van der Waals surface area contributed by atoms with Crippen LogP contribution in [0.3, 0.4) is 0 Å². The van der Waals surface area contributed by atoms with Crippen LogP contribution in [-0.2, 0) is 19.9 Å². The Hall–Kier alpha value is -3.25. The van der Waals surface area contributed by atoms with Gasteiger partial charge < -0.3 is 29.2 Å². The van der Waals surface area contributed by atoms with Crippen LogP contribution in [0.1, 0.15) is 31.7 Å². The number of ether oxygens (including phenoxy) is 2. The fourth-order valence-electron chi connectivity index (χ4n) is 7.20. The van der Waals surface area contributed by atoms with Crippen molar-refractivity contribution in [2.45, 2.75) is 62.6 Å². The van der Waals surface area contributed by atoms with Gasteiger partial charge in [0.25, 0.3) is 11.5 Å². The maximum atomic E-state index is 14.3. The number of aliphatic hydroxyl groups excluding tert-OH is 1. The first-order valence-electron chi connectivity index (χ1n) is 14.1. The second kappa shape index (κ2) is 10.9. The van der Waals surface area contributed by atoms with Crippen molar-refractivity contribution >= 4 is 25.8 Å². The van der Waals surface area contributed by atoms with Crippen LogP contribution < -0.4 is 15.2 Å². The highest BCUT2D eigenvalue weighted by Gasteiger charge is 2.66. The molecule has 5 atom stereocenters. The van der Waals surface area contributed by atoms with Crippen molar-refractivity contribution in [1.82, 2.24) is 9.47 Å². The molecule has 2 aromatic rings. The minimum absolute atomic E-state index is 0.00332. The van der Waals surface area contributed by atoms with Gasteiger partial charge in [0, 0.05) is 42.0 Å². The number of benzene rings is 1. The first kappa shape index (κ1) is 29.2. The average Bonchev–Trinajstić information content (AvgIpc) is 3.59. The van der Waals surface area contributed by atoms with Gasteiger partial charge in [0.2, 0.25) is 5.91 Å². The number of rotatable bonds is 8. The zero-order valence-corrected chi connectivity index (χ0v) is 25.1. The summed E-state index contributed by atoms with van der Waals surface area (Å²) in [6, 6.07) is 8.44. The molecule has 3 aliphatic rings. The third-order valence-corrected chi connectivity index (χ3v) is 11.5. The van der Waals surface area contributed by atoms with Gasteiger partial charge in [0.1, 0.15) is 0 Å². The van der Waals surface area contributed by atoms with E-state index in [4.69, 9.17) is 9.47 Å². The molecule has 0 aliphatic carbocycles. The standard InChI is InChI=1S/C30H39N3O7Si/c1-6-13-33-23-12-11-20(32-15-8-10-24(39-3)28(32)36)16-22(23)30(29(33)37)19(2)27(41(4,5)38)25(40-30)17-26(35)31-14-7-9-21(31)18-34/h6,8,10-12,15-16,19,21,25,27,34,38H,1,7,9,13-14,17-18H2,2-5H3/t19-,21-,25+,27-,30+/m0/s1. The number of hydrogen-bond acceptors (Lipinski definition) is 7. The lowest BCUT2D eigenvalue weighted by molar-refractivity contribution is -0.149. The van der Waals surface area contributed by atoms with Gasteiger partial charge in [-0.05, 0) is 56.3 Å². The molecule has 4 heterocycles. The van der Waals surface area contributed by atoms with Crippen molar-refractivity contribution in [2.24, 2.45) is 5.92 Å². The zero-order chi connectivity index (χ0) is 29.7. The highest BCUT2D eigenvalue weighted by molar-refractivity contribution is 6.71. The Morgan fingerprint density at radius 1 is 1.29 bits per heavy atom. The number of aliphatic hydroxyl groups is 1. The van der Waals surface area contributed by atoms with Crippen molar-refractivity contribution in [3.8, 4) is 11.4 Å². The number of nitrogens with zero attached hydrogens (tertiary/aromatic N) is 3. The molecule has 11 heteroatoms. The zero-order valence-electron chi connectivity index (χ0n) is 24.1. The van der Waals surface area contributed by atoms with Crippen LogP contribution in [0.5, 0.6) is 5.75 Å². The van der Waals surface area contributed by atoms with Crippen molar-refractivity contribution in [2.75, 3.05) is 31.7 Å². The van der Waals surface area contributed by atoms with Gasteiger partial charge in [0.15, 0.2) is 19.7 Å². The minimum atomic E-state index is -2.97. The van der Waals surface area contributed by atoms with Gasteiger partial charge in [-0.15, -0.1) is 6.58 Å². The summed E-state index contributed by atoms with van der Waals surface area (Å²) in [6.45, 7) is 10.1. The highest BCUT2D eigenvalue weighted by atomic mass is 28.4. The summed E-state index contributed by atoms with van der Waals surface area (Å²) in [5, 5.41) is 9.78. The van der Waals surface area contributed by atoms with Crippen LogP contribution >= 0.6 is 0 Å². The molecule has 0 unspecified atom stereocenters. The lowest BCUT2D eigenvalue weighted by atomic mass is 9.82. The molecule has 2 N–H and O–H groups in total. The molecule has 0 saturated carbocycles. The number of methoxy groups -OCH3 is 1. The van der Waals surface area contributed by atoms with E-state index in [1.165, 1.54) is 11.7 Å². The summed E-state index contributed by atoms with van der Waals surface area (Å²) in [5.41, 5.74) is -0.450. The summed E-state index contributed by atoms with van der Waals surface area (Å²) in [6.07, 6.45) is 4.15. The van der Waals surface area contributed by atoms with Gasteiger partial charge in [-0.2, -0.15) is 0 Å². The molecule has 1 aromatic heterocycles. The van der Waals surface area contributed by atoms with Gasteiger partial charge >= 0.3 is 0 Å². The van der Waals surface area contributed by atoms with Crippen molar-refractivity contribution in [3.63, 3.8) is 0 Å². The van der Waals surface area contributed by atoms with Gasteiger partial charge in [-0.25, -0.2) is 0 Å². The number of aromatic nitrogens is 1. The Labute approximate surface area is 240 Å². The number of carbonyl (C=O) groups excluding carboxylic acids is 2. The monoisotopic (exact) mass is 581 g/mol. The van der Waals surface area contributed by atoms with Crippen LogP contribution in [0.25, 0.3) is 5.69 Å². The molecule has 5 rings (SSSR count). The van der Waals surface area contributed by atoms with Gasteiger partial charge in [0.05, 0.1) is 38.0 Å². The first-order chi connectivity index (χ1) is 19.5. The molecule has 2 saturated heterocycles. The van der Waals surface area contributed by atoms with E-state index in [2.05, 4.69) is 6.58 Å². The third kappa shape index (κ3) is 4.64. The summed E-state index contributed by atoms with van der Waals surface area (Å²) >= 11 is 0. The van der Waals surface area contributed by atoms with Crippen LogP contribution in [0.2, 0.25) is 18.6 Å². The number of hydrogen-bond donors (Lipinski definition) is 2. The number of fused-ring (bicyclic) bond motifs is 2. The van der Waals surface area contributed by atoms with Crippen LogP contribution in [-0.4, -0.2) is 78.5 Å². The third-order valence-electron chi connectivity index (χ3n) is 8.97. The van der Waals surface area contributed by atoms with Crippen molar-refractivity contribution in [3.05, 3.63) is 65.1 Å². The predicted octanol–water partition coefficient (Wildman–Crippen LogP) is 2.55. The molecular formula is C30H39N3O7Si. The number of carbonyl (C=O) groups is 2. The summed E-state index contributed by atoms with van der Waals surface area (Å²) in [7, 11) is -1.54. The highest BCUT2D eigenvalue weighted by Crippen LogP contribution is 2.59. The second-order valence-electron chi connectivity index (χ2n) is 11.8. The van der Waals surface area contributed by atoms with E-state index in [9.17, 15) is 24.3 Å². The molecular weight excluding hydrogens is 542 g/mol. The Bertz CT molecular complexity index is 1420. The van der Waals surface area contributed by atoms with Gasteiger partial charge in [-0.1, -0.05) is 13.0 Å². The second-order valence-corrected chi connectivity index (χ2v) is 15.8. The number of amides is 2. The normalized spacial score (nSPS) is 27.5. The Morgan fingerprint density at radius 3 is 2.71 bits per heavy atom. The molecule has 10 nitrogen and oxygen atoms in total. The van der Waals surface area contributed by atoms with E-state index in [-0.39, 0.29) is 48.7 Å². The molecule has 2 amide bonds. The van der Waals surface area contributed by atoms with Crippen LogP contribution in [0, 0.1) is 5.92 Å². The lowest BCUT2D eigenvalue weighted by Gasteiger charge is -2.32. The summed E-state index contributed by atoms with van der Waals surface area (Å²) in [5.74, 6) is -0.697. The van der Waals surface area contributed by atoms with E-state index >= 15 is 0 Å². The minimum Gasteiger partial charge on any atom is -0.491 e. The van der Waals surface area contributed by atoms with E-state index in [0.29, 0.717) is 23.5 Å². The van der Waals surface area contributed by atoms with Crippen LogP contribution in [0.15, 0.2) is 54.0 Å². The number of pyridine rings is 1. The largest absolute Gasteiger partial charge is 0.491 e. The fourth-order valence-corrected chi connectivity index (χ4v) is 9.76. The Morgan fingerprint density at radius 2 is 2.05 bits per heavy atom. The van der Waals surface area contributed by atoms with E-state index in [1.54, 1.807) is 52.4 Å².